The first kappa shape index (κ1) is 15.4. The van der Waals surface area contributed by atoms with Gasteiger partial charge in [-0.3, -0.25) is 0 Å². The normalized spacial score (nSPS) is 10.9. The lowest BCUT2D eigenvalue weighted by atomic mass is 10.2. The minimum absolute atomic E-state index is 0.313. The second-order valence-corrected chi connectivity index (χ2v) is 3.40. The fourth-order valence-corrected chi connectivity index (χ4v) is 1.09. The standard InChI is InChI=1S/C13H20O4/c1-3-8-12(14)16-10-6-5-7-11-17-13(15)9-4-2/h3-4,8-9H,5-7,10-11H2,1-2H3/b8-3-,9-4-. The fourth-order valence-electron chi connectivity index (χ4n) is 1.09. The zero-order valence-electron chi connectivity index (χ0n) is 10.5. The smallest absolute Gasteiger partial charge is 0.330 e. The van der Waals surface area contributed by atoms with Crippen molar-refractivity contribution in [1.82, 2.24) is 0 Å². The molecule has 0 saturated heterocycles. The van der Waals surface area contributed by atoms with Crippen LogP contribution in [0.4, 0.5) is 0 Å². The molecule has 96 valence electrons. The van der Waals surface area contributed by atoms with Crippen LogP contribution in [0.3, 0.4) is 0 Å². The van der Waals surface area contributed by atoms with Crippen LogP contribution in [0.2, 0.25) is 0 Å². The molecule has 0 aliphatic rings. The Morgan fingerprint density at radius 1 is 0.824 bits per heavy atom. The first-order valence-electron chi connectivity index (χ1n) is 5.79. The summed E-state index contributed by atoms with van der Waals surface area (Å²) in [5.74, 6) is -0.626. The SMILES string of the molecule is C/C=C\C(=O)OCCCCCOC(=O)/C=C\C. The van der Waals surface area contributed by atoms with Gasteiger partial charge < -0.3 is 9.47 Å². The predicted molar refractivity (Wildman–Crippen MR) is 65.4 cm³/mol. The van der Waals surface area contributed by atoms with Gasteiger partial charge in [0.25, 0.3) is 0 Å². The highest BCUT2D eigenvalue weighted by atomic mass is 16.5. The van der Waals surface area contributed by atoms with E-state index in [-0.39, 0.29) is 11.9 Å². The molecule has 0 aromatic heterocycles. The maximum Gasteiger partial charge on any atom is 0.330 e. The van der Waals surface area contributed by atoms with Gasteiger partial charge in [-0.15, -0.1) is 0 Å². The van der Waals surface area contributed by atoms with Crippen LogP contribution in [-0.2, 0) is 19.1 Å². The Morgan fingerprint density at radius 3 is 1.59 bits per heavy atom. The van der Waals surface area contributed by atoms with Crippen molar-refractivity contribution >= 4 is 11.9 Å². The average molecular weight is 240 g/mol. The molecule has 0 spiro atoms. The van der Waals surface area contributed by atoms with Crippen molar-refractivity contribution in [2.24, 2.45) is 0 Å². The van der Waals surface area contributed by atoms with Gasteiger partial charge in [-0.1, -0.05) is 12.2 Å². The second-order valence-electron chi connectivity index (χ2n) is 3.40. The van der Waals surface area contributed by atoms with Gasteiger partial charge in [0.2, 0.25) is 0 Å². The van der Waals surface area contributed by atoms with Crippen LogP contribution in [0.5, 0.6) is 0 Å². The highest BCUT2D eigenvalue weighted by Gasteiger charge is 1.97. The van der Waals surface area contributed by atoms with Crippen molar-refractivity contribution in [3.63, 3.8) is 0 Å². The molecule has 0 saturated carbocycles. The van der Waals surface area contributed by atoms with Crippen LogP contribution in [-0.4, -0.2) is 25.2 Å². The Kier molecular flexibility index (Phi) is 9.91. The molecular formula is C13H20O4. The molecule has 0 amide bonds. The number of rotatable bonds is 8. The summed E-state index contributed by atoms with van der Waals surface area (Å²) in [5.41, 5.74) is 0. The number of hydrogen-bond donors (Lipinski definition) is 0. The van der Waals surface area contributed by atoms with Crippen LogP contribution in [0.25, 0.3) is 0 Å². The van der Waals surface area contributed by atoms with Crippen molar-refractivity contribution < 1.29 is 19.1 Å². The van der Waals surface area contributed by atoms with E-state index in [1.54, 1.807) is 26.0 Å². The summed E-state index contributed by atoms with van der Waals surface area (Å²) >= 11 is 0. The molecule has 0 unspecified atom stereocenters. The number of allylic oxidation sites excluding steroid dienone is 2. The molecule has 4 nitrogen and oxygen atoms in total. The number of ether oxygens (including phenoxy) is 2. The first-order chi connectivity index (χ1) is 8.20. The summed E-state index contributed by atoms with van der Waals surface area (Å²) in [4.78, 5) is 21.8. The van der Waals surface area contributed by atoms with E-state index in [2.05, 4.69) is 0 Å². The number of hydrogen-bond acceptors (Lipinski definition) is 4. The molecule has 0 N–H and O–H groups in total. The van der Waals surface area contributed by atoms with E-state index in [0.29, 0.717) is 13.2 Å². The third-order valence-corrected chi connectivity index (χ3v) is 1.88. The summed E-state index contributed by atoms with van der Waals surface area (Å²) in [6.45, 7) is 4.35. The van der Waals surface area contributed by atoms with Crippen molar-refractivity contribution in [3.8, 4) is 0 Å². The zero-order valence-corrected chi connectivity index (χ0v) is 10.5. The van der Waals surface area contributed by atoms with Gasteiger partial charge in [0.15, 0.2) is 0 Å². The zero-order chi connectivity index (χ0) is 12.9. The van der Waals surface area contributed by atoms with Crippen molar-refractivity contribution in [3.05, 3.63) is 24.3 Å². The summed E-state index contributed by atoms with van der Waals surface area (Å²) in [7, 11) is 0. The van der Waals surface area contributed by atoms with E-state index in [0.717, 1.165) is 19.3 Å². The molecule has 0 bridgehead atoms. The molecule has 0 fully saturated rings. The lowest BCUT2D eigenvalue weighted by Crippen LogP contribution is -2.04. The minimum atomic E-state index is -0.313. The number of carbonyl (C=O) groups is 2. The van der Waals surface area contributed by atoms with E-state index in [9.17, 15) is 9.59 Å². The quantitative estimate of drug-likeness (QED) is 0.371. The maximum absolute atomic E-state index is 10.9. The predicted octanol–water partition coefficient (Wildman–Crippen LogP) is 2.40. The molecule has 17 heavy (non-hydrogen) atoms. The molecule has 0 aliphatic carbocycles. The fraction of sp³-hybridized carbons (Fsp3) is 0.538. The lowest BCUT2D eigenvalue weighted by molar-refractivity contribution is -0.138. The summed E-state index contributed by atoms with van der Waals surface area (Å²) in [5, 5.41) is 0. The van der Waals surface area contributed by atoms with Crippen LogP contribution >= 0.6 is 0 Å². The molecule has 0 aromatic rings. The van der Waals surface area contributed by atoms with Gasteiger partial charge in [-0.25, -0.2) is 9.59 Å². The van der Waals surface area contributed by atoms with E-state index in [4.69, 9.17) is 9.47 Å². The van der Waals surface area contributed by atoms with E-state index in [1.807, 2.05) is 0 Å². The molecule has 0 aromatic carbocycles. The number of esters is 2. The Morgan fingerprint density at radius 2 is 1.24 bits per heavy atom. The molecule has 0 aliphatic heterocycles. The molecule has 0 radical (unpaired) electrons. The monoisotopic (exact) mass is 240 g/mol. The topological polar surface area (TPSA) is 52.6 Å². The van der Waals surface area contributed by atoms with E-state index in [1.165, 1.54) is 12.2 Å². The summed E-state index contributed by atoms with van der Waals surface area (Å²) in [6.07, 6.45) is 8.49. The second kappa shape index (κ2) is 10.9. The van der Waals surface area contributed by atoms with Crippen molar-refractivity contribution in [1.29, 1.82) is 0 Å². The molecule has 0 rings (SSSR count). The Balaban J connectivity index is 3.30. The average Bonchev–Trinajstić information content (AvgIpc) is 2.28. The van der Waals surface area contributed by atoms with Gasteiger partial charge in [-0.05, 0) is 33.1 Å². The van der Waals surface area contributed by atoms with Gasteiger partial charge in [0.05, 0.1) is 13.2 Å². The van der Waals surface area contributed by atoms with Gasteiger partial charge in [-0.2, -0.15) is 0 Å². The summed E-state index contributed by atoms with van der Waals surface area (Å²) < 4.78 is 9.81. The van der Waals surface area contributed by atoms with Gasteiger partial charge >= 0.3 is 11.9 Å². The Labute approximate surface area is 102 Å². The van der Waals surface area contributed by atoms with E-state index >= 15 is 0 Å². The number of unbranched alkanes of at least 4 members (excludes halogenated alkanes) is 2. The third kappa shape index (κ3) is 10.7. The Bertz CT molecular complexity index is 251. The minimum Gasteiger partial charge on any atom is -0.463 e. The Hall–Kier alpha value is -1.58. The van der Waals surface area contributed by atoms with Crippen molar-refractivity contribution in [2.75, 3.05) is 13.2 Å². The summed E-state index contributed by atoms with van der Waals surface area (Å²) in [6, 6.07) is 0. The molecular weight excluding hydrogens is 220 g/mol. The van der Waals surface area contributed by atoms with Crippen LogP contribution in [0.1, 0.15) is 33.1 Å². The maximum atomic E-state index is 10.9. The highest BCUT2D eigenvalue weighted by molar-refractivity contribution is 5.82. The molecule has 0 heterocycles. The van der Waals surface area contributed by atoms with E-state index < -0.39 is 0 Å². The number of carbonyl (C=O) groups excluding carboxylic acids is 2. The van der Waals surface area contributed by atoms with Crippen LogP contribution in [0.15, 0.2) is 24.3 Å². The lowest BCUT2D eigenvalue weighted by Gasteiger charge is -2.03. The van der Waals surface area contributed by atoms with Gasteiger partial charge in [0, 0.05) is 12.2 Å². The third-order valence-electron chi connectivity index (χ3n) is 1.88. The highest BCUT2D eigenvalue weighted by Crippen LogP contribution is 1.97. The van der Waals surface area contributed by atoms with Crippen molar-refractivity contribution in [2.45, 2.75) is 33.1 Å². The molecule has 4 heteroatoms. The van der Waals surface area contributed by atoms with Crippen LogP contribution in [0, 0.1) is 0 Å². The van der Waals surface area contributed by atoms with Gasteiger partial charge in [0.1, 0.15) is 0 Å². The molecule has 0 atom stereocenters. The largest absolute Gasteiger partial charge is 0.463 e. The van der Waals surface area contributed by atoms with Crippen LogP contribution < -0.4 is 0 Å². The first-order valence-corrected chi connectivity index (χ1v) is 5.79.